The maximum Gasteiger partial charge on any atom is 0.219 e. The summed E-state index contributed by atoms with van der Waals surface area (Å²) >= 11 is 21.5. The first-order valence-corrected chi connectivity index (χ1v) is 5.38. The molecular formula is C9H6Cl4O3. The van der Waals surface area contributed by atoms with E-state index in [4.69, 9.17) is 46.4 Å². The molecule has 1 rings (SSSR count). The molecule has 0 saturated heterocycles. The highest BCUT2D eigenvalue weighted by Gasteiger charge is 2.31. The van der Waals surface area contributed by atoms with Crippen molar-refractivity contribution < 1.29 is 14.4 Å². The van der Waals surface area contributed by atoms with E-state index in [-0.39, 0.29) is 5.78 Å². The molecule has 0 atom stereocenters. The lowest BCUT2D eigenvalue weighted by molar-refractivity contribution is -0.115. The molecule has 0 bridgehead atoms. The zero-order chi connectivity index (χ0) is 13.0. The normalized spacial score (nSPS) is 16.1. The molecule has 0 aromatic rings. The van der Waals surface area contributed by atoms with Gasteiger partial charge < -0.3 is 4.79 Å². The van der Waals surface area contributed by atoms with Gasteiger partial charge in [-0.15, -0.1) is 0 Å². The van der Waals surface area contributed by atoms with Gasteiger partial charge in [-0.1, -0.05) is 46.4 Å². The van der Waals surface area contributed by atoms with Gasteiger partial charge in [0.05, 0.1) is 0 Å². The zero-order valence-electron chi connectivity index (χ0n) is 8.24. The highest BCUT2D eigenvalue weighted by molar-refractivity contribution is 6.69. The Morgan fingerprint density at radius 2 is 0.875 bits per heavy atom. The summed E-state index contributed by atoms with van der Waals surface area (Å²) in [5, 5.41) is -1.57. The summed E-state index contributed by atoms with van der Waals surface area (Å²) < 4.78 is 0. The van der Waals surface area contributed by atoms with Crippen LogP contribution in [0.5, 0.6) is 0 Å². The third kappa shape index (κ3) is 3.91. The lowest BCUT2D eigenvalue weighted by atomic mass is 10.1. The Bertz CT molecular complexity index is 354. The van der Waals surface area contributed by atoms with Crippen LogP contribution in [0, 0.1) is 0 Å². The molecule has 0 heterocycles. The largest absolute Gasteiger partial charge is 0.300 e. The van der Waals surface area contributed by atoms with E-state index >= 15 is 0 Å². The minimum atomic E-state index is -0.729. The van der Waals surface area contributed by atoms with Crippen molar-refractivity contribution in [2.24, 2.45) is 0 Å². The van der Waals surface area contributed by atoms with Gasteiger partial charge in [0.1, 0.15) is 25.9 Å². The van der Waals surface area contributed by atoms with Crippen molar-refractivity contribution in [2.45, 2.75) is 13.8 Å². The van der Waals surface area contributed by atoms with Gasteiger partial charge >= 0.3 is 0 Å². The lowest BCUT2D eigenvalue weighted by Gasteiger charge is -2.08. The molecule has 88 valence electrons. The van der Waals surface area contributed by atoms with Crippen LogP contribution < -0.4 is 0 Å². The first-order chi connectivity index (χ1) is 7.20. The number of ketones is 3. The number of rotatable bonds is 0. The molecule has 1 aliphatic rings. The van der Waals surface area contributed by atoms with Crippen molar-refractivity contribution in [1.82, 2.24) is 0 Å². The van der Waals surface area contributed by atoms with E-state index in [1.165, 1.54) is 13.8 Å². The summed E-state index contributed by atoms with van der Waals surface area (Å²) in [6.45, 7) is 3.06. The van der Waals surface area contributed by atoms with Crippen molar-refractivity contribution in [3.8, 4) is 0 Å². The molecule has 0 saturated carbocycles. The number of allylic oxidation sites excluding steroid dienone is 4. The number of carbonyl (C=O) groups excluding carboxylic acids is 3. The minimum absolute atomic E-state index is 0.167. The summed E-state index contributed by atoms with van der Waals surface area (Å²) in [4.78, 5) is 31.4. The number of hydrogen-bond acceptors (Lipinski definition) is 3. The summed E-state index contributed by atoms with van der Waals surface area (Å²) in [7, 11) is 0. The lowest BCUT2D eigenvalue weighted by Crippen LogP contribution is -2.14. The molecule has 0 spiro atoms. The third-order valence-corrected chi connectivity index (χ3v) is 2.82. The Labute approximate surface area is 112 Å². The van der Waals surface area contributed by atoms with Gasteiger partial charge in [-0.3, -0.25) is 9.59 Å². The number of halogens is 4. The minimum Gasteiger partial charge on any atom is -0.300 e. The second kappa shape index (κ2) is 6.40. The monoisotopic (exact) mass is 302 g/mol. The summed E-state index contributed by atoms with van der Waals surface area (Å²) in [6.07, 6.45) is 0. The van der Waals surface area contributed by atoms with E-state index in [9.17, 15) is 14.4 Å². The van der Waals surface area contributed by atoms with Gasteiger partial charge in [-0.2, -0.15) is 0 Å². The molecule has 3 nitrogen and oxygen atoms in total. The maximum absolute atomic E-state index is 11.0. The van der Waals surface area contributed by atoms with Crippen LogP contribution in [0.25, 0.3) is 0 Å². The predicted octanol–water partition coefficient (Wildman–Crippen LogP) is 3.11. The molecule has 0 radical (unpaired) electrons. The van der Waals surface area contributed by atoms with E-state index in [0.29, 0.717) is 0 Å². The molecule has 0 N–H and O–H groups in total. The number of carbonyl (C=O) groups is 3. The summed E-state index contributed by atoms with van der Waals surface area (Å²) in [5.74, 6) is -1.29. The van der Waals surface area contributed by atoms with Crippen LogP contribution in [0.4, 0.5) is 0 Å². The van der Waals surface area contributed by atoms with Crippen LogP contribution in [-0.4, -0.2) is 17.3 Å². The Hall–Kier alpha value is -0.350. The molecule has 7 heteroatoms. The average Bonchev–Trinajstić information content (AvgIpc) is 2.20. The molecule has 1 aliphatic carbocycles. The fourth-order valence-corrected chi connectivity index (χ4v) is 1.41. The quantitative estimate of drug-likeness (QED) is 0.646. The first kappa shape index (κ1) is 15.7. The molecule has 0 aromatic heterocycles. The van der Waals surface area contributed by atoms with Gasteiger partial charge in [0.25, 0.3) is 0 Å². The standard InChI is InChI=1S/C6Cl4O2.C3H6O/c7-1-2(8)6(12)4(10)3(9)5(1)11;1-3(2)4/h;1-2H3. The van der Waals surface area contributed by atoms with Gasteiger partial charge in [-0.05, 0) is 13.8 Å². The Balaban J connectivity index is 0.000000487. The van der Waals surface area contributed by atoms with Gasteiger partial charge in [0, 0.05) is 0 Å². The number of Topliss-reactive ketones (excluding diaryl/α,β-unsaturated/α-hetero) is 3. The summed E-state index contributed by atoms with van der Waals surface area (Å²) in [5.41, 5.74) is 0. The molecule has 0 aromatic carbocycles. The third-order valence-electron chi connectivity index (χ3n) is 1.18. The highest BCUT2D eigenvalue weighted by atomic mass is 35.5. The van der Waals surface area contributed by atoms with Gasteiger partial charge in [-0.25, -0.2) is 0 Å². The molecule has 0 fully saturated rings. The van der Waals surface area contributed by atoms with E-state index in [0.717, 1.165) is 0 Å². The van der Waals surface area contributed by atoms with Crippen molar-refractivity contribution in [2.75, 3.05) is 0 Å². The van der Waals surface area contributed by atoms with Crippen molar-refractivity contribution in [1.29, 1.82) is 0 Å². The fourth-order valence-electron chi connectivity index (χ4n) is 0.591. The second-order valence-electron chi connectivity index (χ2n) is 2.82. The Kier molecular flexibility index (Phi) is 6.26. The first-order valence-electron chi connectivity index (χ1n) is 3.87. The molecule has 0 amide bonds. The molecule has 16 heavy (non-hydrogen) atoms. The summed E-state index contributed by atoms with van der Waals surface area (Å²) in [6, 6.07) is 0. The van der Waals surface area contributed by atoms with Crippen LogP contribution in [0.3, 0.4) is 0 Å². The van der Waals surface area contributed by atoms with Crippen LogP contribution in [-0.2, 0) is 14.4 Å². The van der Waals surface area contributed by atoms with Crippen LogP contribution >= 0.6 is 46.4 Å². The maximum atomic E-state index is 11.0. The second-order valence-corrected chi connectivity index (χ2v) is 4.33. The van der Waals surface area contributed by atoms with E-state index < -0.39 is 31.7 Å². The van der Waals surface area contributed by atoms with Crippen LogP contribution in [0.2, 0.25) is 0 Å². The van der Waals surface area contributed by atoms with Gasteiger partial charge in [0.15, 0.2) is 0 Å². The van der Waals surface area contributed by atoms with Crippen molar-refractivity contribution in [3.05, 3.63) is 20.1 Å². The smallest absolute Gasteiger partial charge is 0.219 e. The Morgan fingerprint density at radius 3 is 1.00 bits per heavy atom. The van der Waals surface area contributed by atoms with E-state index in [1.54, 1.807) is 0 Å². The molecule has 0 unspecified atom stereocenters. The topological polar surface area (TPSA) is 51.2 Å². The van der Waals surface area contributed by atoms with Crippen molar-refractivity contribution >= 4 is 63.8 Å². The zero-order valence-corrected chi connectivity index (χ0v) is 11.3. The number of hydrogen-bond donors (Lipinski definition) is 0. The SMILES string of the molecule is CC(C)=O.O=C1C(Cl)=C(Cl)C(=O)C(Cl)=C1Cl. The van der Waals surface area contributed by atoms with Crippen LogP contribution in [0.1, 0.15) is 13.8 Å². The van der Waals surface area contributed by atoms with E-state index in [1.807, 2.05) is 0 Å². The van der Waals surface area contributed by atoms with Crippen LogP contribution in [0.15, 0.2) is 20.1 Å². The van der Waals surface area contributed by atoms with Gasteiger partial charge in [0.2, 0.25) is 11.6 Å². The molecule has 0 aliphatic heterocycles. The Morgan fingerprint density at radius 1 is 0.750 bits per heavy atom. The highest BCUT2D eigenvalue weighted by Crippen LogP contribution is 2.32. The molecular weight excluding hydrogens is 298 g/mol. The van der Waals surface area contributed by atoms with Crippen molar-refractivity contribution in [3.63, 3.8) is 0 Å². The average molecular weight is 304 g/mol. The van der Waals surface area contributed by atoms with E-state index in [2.05, 4.69) is 0 Å². The predicted molar refractivity (Wildman–Crippen MR) is 63.8 cm³/mol. The fraction of sp³-hybridized carbons (Fsp3) is 0.222.